The quantitative estimate of drug-likeness (QED) is 0.470. The lowest BCUT2D eigenvalue weighted by atomic mass is 9.92. The molecular weight excluding hydrogens is 380 g/mol. The summed E-state index contributed by atoms with van der Waals surface area (Å²) in [4.78, 5) is 6.67. The molecule has 1 aromatic rings. The second-order valence-corrected chi connectivity index (χ2v) is 7.94. The van der Waals surface area contributed by atoms with Gasteiger partial charge in [0.1, 0.15) is 0 Å². The number of nitrogens with two attached hydrogens (primary N) is 2. The van der Waals surface area contributed by atoms with Crippen LogP contribution in [0, 0.1) is 5.92 Å². The lowest BCUT2D eigenvalue weighted by Gasteiger charge is -2.14. The zero-order valence-electron chi connectivity index (χ0n) is 19.3. The molecule has 1 fully saturated rings. The molecule has 0 aliphatic carbocycles. The first-order chi connectivity index (χ1) is 15.0. The highest BCUT2D eigenvalue weighted by atomic mass is 15.1. The molecule has 1 unspecified atom stereocenters. The Morgan fingerprint density at radius 2 is 1.87 bits per heavy atom. The first-order valence-electron chi connectivity index (χ1n) is 10.7. The molecule has 1 aromatic carbocycles. The number of benzene rings is 1. The molecule has 1 saturated heterocycles. The van der Waals surface area contributed by atoms with Gasteiger partial charge in [-0.2, -0.15) is 0 Å². The van der Waals surface area contributed by atoms with Crippen molar-refractivity contribution in [3.8, 4) is 0 Å². The summed E-state index contributed by atoms with van der Waals surface area (Å²) in [6.07, 6.45) is 17.3. The van der Waals surface area contributed by atoms with Crippen LogP contribution in [0.1, 0.15) is 25.8 Å². The van der Waals surface area contributed by atoms with Gasteiger partial charge >= 0.3 is 0 Å². The number of likely N-dealkylation sites (tertiary alicyclic amines) is 1. The molecule has 31 heavy (non-hydrogen) atoms. The normalized spacial score (nSPS) is 20.4. The summed E-state index contributed by atoms with van der Waals surface area (Å²) in [7, 11) is 3.95. The van der Waals surface area contributed by atoms with Gasteiger partial charge in [0.05, 0.1) is 0 Å². The molecule has 4 nitrogen and oxygen atoms in total. The van der Waals surface area contributed by atoms with E-state index in [1.807, 2.05) is 44.3 Å². The first kappa shape index (κ1) is 24.2. The molecule has 1 heterocycles. The van der Waals surface area contributed by atoms with Crippen molar-refractivity contribution in [2.75, 3.05) is 27.2 Å². The van der Waals surface area contributed by atoms with Crippen molar-refractivity contribution >= 4 is 12.3 Å². The molecule has 4 N–H and O–H groups in total. The Hall–Kier alpha value is -3.11. The van der Waals surface area contributed by atoms with Crippen molar-refractivity contribution in [3.05, 3.63) is 100 Å². The van der Waals surface area contributed by atoms with Crippen molar-refractivity contribution < 1.29 is 0 Å². The molecule has 2 rings (SSSR count). The van der Waals surface area contributed by atoms with Gasteiger partial charge in [-0.05, 0) is 74.3 Å². The number of hydrogen-bond acceptors (Lipinski definition) is 4. The zero-order chi connectivity index (χ0) is 22.6. The highest BCUT2D eigenvalue weighted by molar-refractivity contribution is 5.88. The van der Waals surface area contributed by atoms with Crippen LogP contribution in [-0.2, 0) is 0 Å². The highest BCUT2D eigenvalue weighted by Crippen LogP contribution is 2.26. The monoisotopic (exact) mass is 416 g/mol. The predicted octanol–water partition coefficient (Wildman–Crippen LogP) is 4.86. The predicted molar refractivity (Wildman–Crippen MR) is 136 cm³/mol. The van der Waals surface area contributed by atoms with Crippen molar-refractivity contribution in [2.45, 2.75) is 20.3 Å². The van der Waals surface area contributed by atoms with E-state index >= 15 is 0 Å². The van der Waals surface area contributed by atoms with Crippen molar-refractivity contribution in [3.63, 3.8) is 0 Å². The van der Waals surface area contributed by atoms with Gasteiger partial charge in [0.15, 0.2) is 0 Å². The first-order valence-corrected chi connectivity index (χ1v) is 10.7. The molecule has 0 spiro atoms. The SMILES string of the molecule is CN=CC(=C(\C=C\C1CCN(C)C1)C(/C=C\N)=C\C=C\c1ccccc1)/C(C)=C(\C)N. The van der Waals surface area contributed by atoms with Crippen molar-refractivity contribution in [2.24, 2.45) is 22.4 Å². The van der Waals surface area contributed by atoms with E-state index in [0.717, 1.165) is 46.6 Å². The van der Waals surface area contributed by atoms with Crippen molar-refractivity contribution in [1.82, 2.24) is 4.90 Å². The van der Waals surface area contributed by atoms with Crippen LogP contribution in [0.4, 0.5) is 0 Å². The molecule has 0 aromatic heterocycles. The van der Waals surface area contributed by atoms with E-state index in [9.17, 15) is 0 Å². The average molecular weight is 417 g/mol. The molecule has 1 atom stereocenters. The van der Waals surface area contributed by atoms with E-state index < -0.39 is 0 Å². The van der Waals surface area contributed by atoms with Crippen molar-refractivity contribution in [1.29, 1.82) is 0 Å². The van der Waals surface area contributed by atoms with Gasteiger partial charge in [-0.15, -0.1) is 0 Å². The number of aliphatic imine (C=N–C) groups is 1. The van der Waals surface area contributed by atoms with E-state index in [-0.39, 0.29) is 0 Å². The third-order valence-corrected chi connectivity index (χ3v) is 5.46. The second kappa shape index (κ2) is 12.6. The van der Waals surface area contributed by atoms with E-state index in [0.29, 0.717) is 5.92 Å². The summed E-state index contributed by atoms with van der Waals surface area (Å²) in [6, 6.07) is 10.2. The largest absolute Gasteiger partial charge is 0.405 e. The van der Waals surface area contributed by atoms with Crippen LogP contribution in [0.15, 0.2) is 99.9 Å². The van der Waals surface area contributed by atoms with Crippen LogP contribution in [0.2, 0.25) is 0 Å². The van der Waals surface area contributed by atoms with Gasteiger partial charge in [-0.25, -0.2) is 0 Å². The van der Waals surface area contributed by atoms with Gasteiger partial charge in [0.2, 0.25) is 0 Å². The summed E-state index contributed by atoms with van der Waals surface area (Å²) < 4.78 is 0. The smallest absolute Gasteiger partial charge is 0.0290 e. The Morgan fingerprint density at radius 3 is 2.45 bits per heavy atom. The molecular formula is C27H36N4. The van der Waals surface area contributed by atoms with Gasteiger partial charge in [-0.1, -0.05) is 60.7 Å². The fourth-order valence-corrected chi connectivity index (χ4v) is 3.58. The highest BCUT2D eigenvalue weighted by Gasteiger charge is 2.17. The Kier molecular flexibility index (Phi) is 9.79. The lowest BCUT2D eigenvalue weighted by Crippen LogP contribution is -2.13. The Labute approximate surface area is 187 Å². The van der Waals surface area contributed by atoms with Crippen LogP contribution >= 0.6 is 0 Å². The van der Waals surface area contributed by atoms with Crippen LogP contribution < -0.4 is 11.5 Å². The Bertz CT molecular complexity index is 923. The van der Waals surface area contributed by atoms with Crippen LogP contribution in [0.3, 0.4) is 0 Å². The van der Waals surface area contributed by atoms with E-state index in [1.54, 1.807) is 13.2 Å². The van der Waals surface area contributed by atoms with Gasteiger partial charge in [0.25, 0.3) is 0 Å². The Balaban J connectivity index is 2.56. The second-order valence-electron chi connectivity index (χ2n) is 7.94. The fourth-order valence-electron chi connectivity index (χ4n) is 3.58. The molecule has 4 heteroatoms. The maximum Gasteiger partial charge on any atom is 0.0290 e. The molecule has 0 saturated carbocycles. The summed E-state index contributed by atoms with van der Waals surface area (Å²) >= 11 is 0. The Morgan fingerprint density at radius 1 is 1.13 bits per heavy atom. The molecule has 1 aliphatic heterocycles. The molecule has 0 amide bonds. The average Bonchev–Trinajstić information content (AvgIpc) is 3.18. The standard InChI is InChI=1S/C27H36N4/c1-21(22(2)29)27(19-30-3)26(14-13-24-16-18-31(4)20-24)25(15-17-28)12-8-11-23-9-6-5-7-10-23/h5-15,17,19,24H,16,18,20,28-29H2,1-4H3/b11-8+,14-13+,17-15-,22-21+,25-12-,27-26-,30-19?. The third kappa shape index (κ3) is 7.58. The number of nitrogens with zero attached hydrogens (tertiary/aromatic N) is 2. The van der Waals surface area contributed by atoms with Crippen LogP contribution in [-0.4, -0.2) is 38.3 Å². The maximum absolute atomic E-state index is 6.17. The summed E-state index contributed by atoms with van der Waals surface area (Å²) in [6.45, 7) is 6.16. The molecule has 0 bridgehead atoms. The van der Waals surface area contributed by atoms with E-state index in [4.69, 9.17) is 11.5 Å². The zero-order valence-corrected chi connectivity index (χ0v) is 19.3. The van der Waals surface area contributed by atoms with Crippen LogP contribution in [0.5, 0.6) is 0 Å². The minimum Gasteiger partial charge on any atom is -0.405 e. The molecule has 164 valence electrons. The maximum atomic E-state index is 6.17. The van der Waals surface area contributed by atoms with E-state index in [2.05, 4.69) is 59.5 Å². The number of rotatable bonds is 8. The third-order valence-electron chi connectivity index (χ3n) is 5.46. The summed E-state index contributed by atoms with van der Waals surface area (Å²) in [5.41, 5.74) is 18.0. The number of allylic oxidation sites excluding steroid dienone is 9. The van der Waals surface area contributed by atoms with Crippen LogP contribution in [0.25, 0.3) is 6.08 Å². The summed E-state index contributed by atoms with van der Waals surface area (Å²) in [5, 5.41) is 0. The topological polar surface area (TPSA) is 67.6 Å². The van der Waals surface area contributed by atoms with Gasteiger partial charge < -0.3 is 16.4 Å². The molecule has 0 radical (unpaired) electrons. The minimum absolute atomic E-state index is 0.533. The number of hydrogen-bond donors (Lipinski definition) is 2. The van der Waals surface area contributed by atoms with Gasteiger partial charge in [-0.3, -0.25) is 4.99 Å². The fraction of sp³-hybridized carbons (Fsp3) is 0.296. The lowest BCUT2D eigenvalue weighted by molar-refractivity contribution is 0.408. The molecule has 1 aliphatic rings. The van der Waals surface area contributed by atoms with Gasteiger partial charge in [0, 0.05) is 31.1 Å². The summed E-state index contributed by atoms with van der Waals surface area (Å²) in [5.74, 6) is 0.533. The van der Waals surface area contributed by atoms with E-state index in [1.165, 1.54) is 6.42 Å². The minimum atomic E-state index is 0.533.